The molecule has 2 N–H and O–H groups in total. The molecular formula is C22H19ClN4O3. The SMILES string of the molecule is CC(C)(COc1ccc(-c2ccc(-c3nc4ccc(Cl)cc4[nH]3)cn2)cn1)C(=O)O. The minimum Gasteiger partial charge on any atom is -0.481 e. The molecule has 0 aliphatic heterocycles. The fourth-order valence-corrected chi connectivity index (χ4v) is 2.93. The minimum absolute atomic E-state index is 0.0321. The molecule has 0 amide bonds. The summed E-state index contributed by atoms with van der Waals surface area (Å²) in [5, 5.41) is 9.80. The van der Waals surface area contributed by atoms with Crippen LogP contribution in [0, 0.1) is 5.41 Å². The van der Waals surface area contributed by atoms with Crippen molar-refractivity contribution in [3.05, 3.63) is 59.9 Å². The maximum Gasteiger partial charge on any atom is 0.312 e. The number of benzene rings is 1. The van der Waals surface area contributed by atoms with Crippen molar-refractivity contribution in [2.45, 2.75) is 13.8 Å². The molecule has 30 heavy (non-hydrogen) atoms. The van der Waals surface area contributed by atoms with Crippen molar-refractivity contribution in [3.8, 4) is 28.5 Å². The van der Waals surface area contributed by atoms with Gasteiger partial charge in [0.2, 0.25) is 5.88 Å². The zero-order valence-electron chi connectivity index (χ0n) is 16.4. The second kappa shape index (κ2) is 7.76. The summed E-state index contributed by atoms with van der Waals surface area (Å²) < 4.78 is 5.50. The summed E-state index contributed by atoms with van der Waals surface area (Å²) in [7, 11) is 0. The Hall–Kier alpha value is -3.45. The van der Waals surface area contributed by atoms with Gasteiger partial charge in [-0.05, 0) is 50.2 Å². The zero-order chi connectivity index (χ0) is 21.3. The van der Waals surface area contributed by atoms with Crippen LogP contribution in [0.3, 0.4) is 0 Å². The van der Waals surface area contributed by atoms with Gasteiger partial charge in [0.15, 0.2) is 0 Å². The number of aliphatic carboxylic acids is 1. The number of ether oxygens (including phenoxy) is 1. The van der Waals surface area contributed by atoms with E-state index in [0.29, 0.717) is 16.7 Å². The standard InChI is InChI=1S/C22H19ClN4O3/c1-22(2,21(28)29)12-30-19-8-4-13(10-25-19)16-6-3-14(11-24-16)20-26-17-7-5-15(23)9-18(17)27-20/h3-11H,12H2,1-2H3,(H,26,27)(H,28,29). The molecule has 7 nitrogen and oxygen atoms in total. The Balaban J connectivity index is 1.49. The second-order valence-electron chi connectivity index (χ2n) is 7.54. The van der Waals surface area contributed by atoms with E-state index >= 15 is 0 Å². The highest BCUT2D eigenvalue weighted by Gasteiger charge is 2.28. The average Bonchev–Trinajstić information content (AvgIpc) is 3.16. The van der Waals surface area contributed by atoms with Crippen molar-refractivity contribution < 1.29 is 14.6 Å². The predicted octanol–water partition coefficient (Wildman–Crippen LogP) is 4.83. The fraction of sp³-hybridized carbons (Fsp3) is 0.182. The van der Waals surface area contributed by atoms with Gasteiger partial charge in [-0.15, -0.1) is 0 Å². The Kier molecular flexibility index (Phi) is 5.13. The molecule has 3 aromatic heterocycles. The molecule has 4 rings (SSSR count). The number of nitrogens with zero attached hydrogens (tertiary/aromatic N) is 3. The van der Waals surface area contributed by atoms with Gasteiger partial charge in [0.1, 0.15) is 12.4 Å². The van der Waals surface area contributed by atoms with Gasteiger partial charge in [0.25, 0.3) is 0 Å². The van der Waals surface area contributed by atoms with Crippen LogP contribution in [0.1, 0.15) is 13.8 Å². The smallest absolute Gasteiger partial charge is 0.312 e. The highest BCUT2D eigenvalue weighted by atomic mass is 35.5. The molecule has 0 radical (unpaired) electrons. The number of aromatic amines is 1. The third kappa shape index (κ3) is 4.11. The molecule has 0 fully saturated rings. The molecule has 0 aliphatic carbocycles. The molecule has 1 aromatic carbocycles. The lowest BCUT2D eigenvalue weighted by molar-refractivity contribution is -0.148. The van der Waals surface area contributed by atoms with Crippen LogP contribution >= 0.6 is 11.6 Å². The van der Waals surface area contributed by atoms with E-state index in [1.54, 1.807) is 38.4 Å². The molecule has 0 saturated heterocycles. The van der Waals surface area contributed by atoms with Crippen LogP contribution in [-0.2, 0) is 4.79 Å². The predicted molar refractivity (Wildman–Crippen MR) is 114 cm³/mol. The van der Waals surface area contributed by atoms with E-state index in [4.69, 9.17) is 21.4 Å². The molecular weight excluding hydrogens is 404 g/mol. The number of hydrogen-bond donors (Lipinski definition) is 2. The Bertz CT molecular complexity index is 1200. The number of imidazole rings is 1. The van der Waals surface area contributed by atoms with Crippen LogP contribution < -0.4 is 4.74 Å². The summed E-state index contributed by atoms with van der Waals surface area (Å²) in [5.74, 6) is 0.163. The van der Waals surface area contributed by atoms with Gasteiger partial charge in [-0.1, -0.05) is 11.6 Å². The summed E-state index contributed by atoms with van der Waals surface area (Å²) in [6, 6.07) is 12.9. The maximum atomic E-state index is 11.2. The quantitative estimate of drug-likeness (QED) is 0.461. The van der Waals surface area contributed by atoms with Crippen LogP contribution in [-0.4, -0.2) is 37.6 Å². The molecule has 8 heteroatoms. The number of halogens is 1. The number of hydrogen-bond acceptors (Lipinski definition) is 5. The van der Waals surface area contributed by atoms with Crippen molar-refractivity contribution in [2.75, 3.05) is 6.61 Å². The first kappa shape index (κ1) is 19.8. The third-order valence-corrected chi connectivity index (χ3v) is 4.91. The molecule has 0 aliphatic rings. The van der Waals surface area contributed by atoms with Gasteiger partial charge in [-0.25, -0.2) is 9.97 Å². The number of aromatic nitrogens is 4. The minimum atomic E-state index is -0.986. The molecule has 0 spiro atoms. The normalized spacial score (nSPS) is 11.6. The van der Waals surface area contributed by atoms with Gasteiger partial charge < -0.3 is 14.8 Å². The van der Waals surface area contributed by atoms with Gasteiger partial charge in [0.05, 0.1) is 22.1 Å². The number of carboxylic acids is 1. The first-order valence-corrected chi connectivity index (χ1v) is 9.64. The van der Waals surface area contributed by atoms with E-state index in [9.17, 15) is 4.79 Å². The lowest BCUT2D eigenvalue weighted by Gasteiger charge is -2.18. The summed E-state index contributed by atoms with van der Waals surface area (Å²) >= 11 is 6.03. The van der Waals surface area contributed by atoms with Gasteiger partial charge in [-0.3, -0.25) is 9.78 Å². The highest BCUT2D eigenvalue weighted by Crippen LogP contribution is 2.25. The third-order valence-electron chi connectivity index (χ3n) is 4.67. The lowest BCUT2D eigenvalue weighted by atomic mass is 9.95. The zero-order valence-corrected chi connectivity index (χ0v) is 17.1. The second-order valence-corrected chi connectivity index (χ2v) is 7.98. The highest BCUT2D eigenvalue weighted by molar-refractivity contribution is 6.31. The van der Waals surface area contributed by atoms with E-state index in [-0.39, 0.29) is 6.61 Å². The Morgan fingerprint density at radius 3 is 2.53 bits per heavy atom. The van der Waals surface area contributed by atoms with Crippen molar-refractivity contribution in [2.24, 2.45) is 5.41 Å². The molecule has 0 saturated carbocycles. The lowest BCUT2D eigenvalue weighted by Crippen LogP contribution is -2.30. The maximum absolute atomic E-state index is 11.2. The average molecular weight is 423 g/mol. The summed E-state index contributed by atoms with van der Waals surface area (Å²) in [4.78, 5) is 27.7. The van der Waals surface area contributed by atoms with Gasteiger partial charge in [-0.2, -0.15) is 0 Å². The van der Waals surface area contributed by atoms with Gasteiger partial charge in [0, 0.05) is 34.6 Å². The first-order valence-electron chi connectivity index (χ1n) is 9.26. The Morgan fingerprint density at radius 2 is 1.87 bits per heavy atom. The Morgan fingerprint density at radius 1 is 1.10 bits per heavy atom. The number of carbonyl (C=O) groups is 1. The molecule has 0 atom stereocenters. The molecule has 0 bridgehead atoms. The largest absolute Gasteiger partial charge is 0.481 e. The number of nitrogens with one attached hydrogen (secondary N) is 1. The van der Waals surface area contributed by atoms with Crippen LogP contribution in [0.15, 0.2) is 54.9 Å². The molecule has 152 valence electrons. The van der Waals surface area contributed by atoms with E-state index in [1.807, 2.05) is 30.3 Å². The van der Waals surface area contributed by atoms with E-state index < -0.39 is 11.4 Å². The van der Waals surface area contributed by atoms with E-state index in [1.165, 1.54) is 0 Å². The number of H-pyrrole nitrogens is 1. The molecule has 3 heterocycles. The Labute approximate surface area is 177 Å². The van der Waals surface area contributed by atoms with Crippen molar-refractivity contribution in [1.29, 1.82) is 0 Å². The first-order chi connectivity index (χ1) is 14.3. The number of pyridine rings is 2. The van der Waals surface area contributed by atoms with Crippen LogP contribution in [0.4, 0.5) is 0 Å². The van der Waals surface area contributed by atoms with Crippen molar-refractivity contribution in [3.63, 3.8) is 0 Å². The number of fused-ring (bicyclic) bond motifs is 1. The fourth-order valence-electron chi connectivity index (χ4n) is 2.76. The summed E-state index contributed by atoms with van der Waals surface area (Å²) in [6.07, 6.45) is 3.39. The van der Waals surface area contributed by atoms with Crippen molar-refractivity contribution >= 4 is 28.6 Å². The number of rotatable bonds is 6. The topological polar surface area (TPSA) is 101 Å². The van der Waals surface area contributed by atoms with Crippen LogP contribution in [0.2, 0.25) is 5.02 Å². The van der Waals surface area contributed by atoms with Crippen LogP contribution in [0.25, 0.3) is 33.7 Å². The molecule has 4 aromatic rings. The summed E-state index contributed by atoms with van der Waals surface area (Å²) in [5.41, 5.74) is 3.15. The summed E-state index contributed by atoms with van der Waals surface area (Å²) in [6.45, 7) is 3.24. The van der Waals surface area contributed by atoms with Gasteiger partial charge >= 0.3 is 5.97 Å². The van der Waals surface area contributed by atoms with E-state index in [2.05, 4.69) is 19.9 Å². The van der Waals surface area contributed by atoms with Crippen LogP contribution in [0.5, 0.6) is 5.88 Å². The van der Waals surface area contributed by atoms with E-state index in [0.717, 1.165) is 27.9 Å². The number of carboxylic acid groups (broad SMARTS) is 1. The van der Waals surface area contributed by atoms with Crippen molar-refractivity contribution in [1.82, 2.24) is 19.9 Å². The monoisotopic (exact) mass is 422 g/mol. The molecule has 0 unspecified atom stereocenters.